The summed E-state index contributed by atoms with van der Waals surface area (Å²) in [6.07, 6.45) is 3.08. The van der Waals surface area contributed by atoms with Crippen LogP contribution in [0.5, 0.6) is 0 Å². The quantitative estimate of drug-likeness (QED) is 0.528. The number of likely N-dealkylation sites (tertiary alicyclic amines) is 1. The third-order valence-corrected chi connectivity index (χ3v) is 7.04. The molecule has 7 nitrogen and oxygen atoms in total. The Balaban J connectivity index is 1.86. The summed E-state index contributed by atoms with van der Waals surface area (Å²) in [7, 11) is 1.79. The van der Waals surface area contributed by atoms with Gasteiger partial charge in [0.15, 0.2) is 17.2 Å². The molecule has 0 aromatic rings. The van der Waals surface area contributed by atoms with Crippen molar-refractivity contribution < 1.29 is 29.6 Å². The maximum absolute atomic E-state index is 13.2. The fourth-order valence-electron chi connectivity index (χ4n) is 5.72. The summed E-state index contributed by atoms with van der Waals surface area (Å²) < 4.78 is 6.00. The number of Topliss-reactive ketones (excluding diaryl/α,β-unsaturated/α-hetero) is 2. The minimum Gasteiger partial charge on any atom is -0.487 e. The van der Waals surface area contributed by atoms with E-state index in [-0.39, 0.29) is 18.0 Å². The molecule has 5 aliphatic rings. The van der Waals surface area contributed by atoms with E-state index < -0.39 is 40.7 Å². The second-order valence-electron chi connectivity index (χ2n) is 8.12. The molecule has 0 amide bonds. The van der Waals surface area contributed by atoms with Crippen LogP contribution in [-0.2, 0) is 14.3 Å². The van der Waals surface area contributed by atoms with Crippen LogP contribution in [0.4, 0.5) is 0 Å². The number of piperidine rings is 1. The van der Waals surface area contributed by atoms with Crippen LogP contribution in [0.3, 0.4) is 0 Å². The summed E-state index contributed by atoms with van der Waals surface area (Å²) in [5.74, 6) is -0.697. The van der Waals surface area contributed by atoms with Gasteiger partial charge in [0.1, 0.15) is 29.6 Å². The molecule has 0 aromatic carbocycles. The zero-order chi connectivity index (χ0) is 18.6. The molecule has 0 radical (unpaired) electrons. The molecule has 2 aliphatic heterocycles. The summed E-state index contributed by atoms with van der Waals surface area (Å²) in [5.41, 5.74) is -3.69. The standard InChI is InChI=1S/C19H21NO6/c1-9(21)18(24)5-3-10-12-16(18)26-15-11(22)4-6-19(25)14(13(10)23)20(2)8-7-17(12,15)19/h3-4,6,11,14-15,22,24-25H,5,7-8H2,1-2H3/t11-,14+,15-,17-,18?,19+/m0/s1. The van der Waals surface area contributed by atoms with E-state index in [0.29, 0.717) is 24.1 Å². The van der Waals surface area contributed by atoms with Gasteiger partial charge >= 0.3 is 0 Å². The normalized spacial score (nSPS) is 48.9. The number of aliphatic hydroxyl groups excluding tert-OH is 1. The minimum atomic E-state index is -1.87. The summed E-state index contributed by atoms with van der Waals surface area (Å²) in [6, 6.07) is -0.788. The lowest BCUT2D eigenvalue weighted by molar-refractivity contribution is -0.187. The number of hydrogen-bond donors (Lipinski definition) is 3. The van der Waals surface area contributed by atoms with Crippen molar-refractivity contribution in [2.75, 3.05) is 13.6 Å². The fourth-order valence-corrected chi connectivity index (χ4v) is 5.72. The van der Waals surface area contributed by atoms with Gasteiger partial charge < -0.3 is 20.1 Å². The Kier molecular flexibility index (Phi) is 2.86. The van der Waals surface area contributed by atoms with E-state index >= 15 is 0 Å². The number of nitrogens with zero attached hydrogens (tertiary/aromatic N) is 1. The largest absolute Gasteiger partial charge is 0.487 e. The summed E-state index contributed by atoms with van der Waals surface area (Å²) in [5, 5.41) is 33.3. The molecule has 3 aliphatic carbocycles. The smallest absolute Gasteiger partial charge is 0.183 e. The van der Waals surface area contributed by atoms with E-state index in [1.165, 1.54) is 19.1 Å². The van der Waals surface area contributed by atoms with Gasteiger partial charge in [-0.1, -0.05) is 18.2 Å². The molecule has 1 unspecified atom stereocenters. The zero-order valence-corrected chi connectivity index (χ0v) is 14.6. The van der Waals surface area contributed by atoms with Crippen molar-refractivity contribution in [3.05, 3.63) is 35.1 Å². The van der Waals surface area contributed by atoms with Crippen molar-refractivity contribution in [1.29, 1.82) is 0 Å². The third-order valence-electron chi connectivity index (χ3n) is 7.04. The third kappa shape index (κ3) is 1.44. The number of rotatable bonds is 1. The van der Waals surface area contributed by atoms with Crippen molar-refractivity contribution in [2.45, 2.75) is 49.2 Å². The molecule has 7 heteroatoms. The maximum atomic E-state index is 13.2. The van der Waals surface area contributed by atoms with Gasteiger partial charge in [0.05, 0.1) is 5.41 Å². The van der Waals surface area contributed by atoms with Crippen molar-refractivity contribution >= 4 is 11.6 Å². The summed E-state index contributed by atoms with van der Waals surface area (Å²) >= 11 is 0. The highest BCUT2D eigenvalue weighted by atomic mass is 16.5. The van der Waals surface area contributed by atoms with E-state index in [0.717, 1.165) is 0 Å². The molecule has 3 N–H and O–H groups in total. The molecule has 6 atom stereocenters. The summed E-state index contributed by atoms with van der Waals surface area (Å²) in [6.45, 7) is 1.81. The number of carbonyl (C=O) groups excluding carboxylic acids is 2. The number of ketones is 2. The van der Waals surface area contributed by atoms with Crippen LogP contribution in [0.25, 0.3) is 0 Å². The predicted molar refractivity (Wildman–Crippen MR) is 88.8 cm³/mol. The van der Waals surface area contributed by atoms with Gasteiger partial charge in [-0.05, 0) is 26.9 Å². The van der Waals surface area contributed by atoms with Gasteiger partial charge in [-0.25, -0.2) is 0 Å². The molecular weight excluding hydrogens is 338 g/mol. The molecular formula is C19H21NO6. The van der Waals surface area contributed by atoms with Gasteiger partial charge in [-0.3, -0.25) is 14.5 Å². The Morgan fingerprint density at radius 3 is 2.81 bits per heavy atom. The van der Waals surface area contributed by atoms with Gasteiger partial charge in [0, 0.05) is 17.6 Å². The van der Waals surface area contributed by atoms with Gasteiger partial charge in [-0.2, -0.15) is 0 Å². The van der Waals surface area contributed by atoms with Crippen LogP contribution in [0.2, 0.25) is 0 Å². The second-order valence-corrected chi connectivity index (χ2v) is 8.12. The lowest BCUT2D eigenvalue weighted by Crippen LogP contribution is -2.75. The van der Waals surface area contributed by atoms with Crippen LogP contribution in [0, 0.1) is 5.41 Å². The van der Waals surface area contributed by atoms with Gasteiger partial charge in [0.25, 0.3) is 0 Å². The topological polar surface area (TPSA) is 107 Å². The molecule has 26 heavy (non-hydrogen) atoms. The number of hydrogen-bond acceptors (Lipinski definition) is 7. The number of aliphatic hydroxyl groups is 3. The van der Waals surface area contributed by atoms with E-state index in [2.05, 4.69) is 0 Å². The number of likely N-dealkylation sites (N-methyl/N-ethyl adjacent to an activating group) is 1. The van der Waals surface area contributed by atoms with Crippen molar-refractivity contribution in [2.24, 2.45) is 5.41 Å². The monoisotopic (exact) mass is 359 g/mol. The molecule has 2 fully saturated rings. The maximum Gasteiger partial charge on any atom is 0.183 e. The molecule has 5 rings (SSSR count). The van der Waals surface area contributed by atoms with E-state index in [1.54, 1.807) is 13.1 Å². The first kappa shape index (κ1) is 16.4. The highest BCUT2D eigenvalue weighted by Crippen LogP contribution is 2.66. The molecule has 1 saturated carbocycles. The second kappa shape index (κ2) is 4.54. The highest BCUT2D eigenvalue weighted by Gasteiger charge is 2.76. The van der Waals surface area contributed by atoms with Gasteiger partial charge in [0.2, 0.25) is 0 Å². The lowest BCUT2D eigenvalue weighted by Gasteiger charge is -2.61. The summed E-state index contributed by atoms with van der Waals surface area (Å²) in [4.78, 5) is 27.3. The molecule has 1 spiro atoms. The fraction of sp³-hybridized carbons (Fsp3) is 0.579. The first-order chi connectivity index (χ1) is 12.2. The van der Waals surface area contributed by atoms with Crippen LogP contribution in [-0.4, -0.2) is 74.8 Å². The van der Waals surface area contributed by atoms with Crippen LogP contribution >= 0.6 is 0 Å². The Labute approximate surface area is 150 Å². The Hall–Kier alpha value is -1.80. The van der Waals surface area contributed by atoms with E-state index in [4.69, 9.17) is 4.74 Å². The lowest BCUT2D eigenvalue weighted by atomic mass is 9.48. The number of ether oxygens (including phenoxy) is 1. The molecule has 138 valence electrons. The molecule has 2 heterocycles. The zero-order valence-electron chi connectivity index (χ0n) is 14.6. The van der Waals surface area contributed by atoms with E-state index in [1.807, 2.05) is 4.90 Å². The molecule has 2 bridgehead atoms. The Morgan fingerprint density at radius 2 is 2.12 bits per heavy atom. The Bertz CT molecular complexity index is 858. The van der Waals surface area contributed by atoms with Gasteiger partial charge in [-0.15, -0.1) is 0 Å². The molecule has 1 saturated heterocycles. The SMILES string of the molecule is CC(=O)C1(O)CC=C2C(=O)[C@H]3N(C)CC[C@]45C2=C1O[C@H]4[C@@H](O)C=C[C@@]35O. The van der Waals surface area contributed by atoms with Crippen molar-refractivity contribution in [3.63, 3.8) is 0 Å². The van der Waals surface area contributed by atoms with Crippen molar-refractivity contribution in [1.82, 2.24) is 4.90 Å². The highest BCUT2D eigenvalue weighted by molar-refractivity contribution is 6.08. The first-order valence-corrected chi connectivity index (χ1v) is 8.88. The van der Waals surface area contributed by atoms with Crippen molar-refractivity contribution in [3.8, 4) is 0 Å². The number of carbonyl (C=O) groups is 2. The van der Waals surface area contributed by atoms with Crippen LogP contribution in [0.15, 0.2) is 35.1 Å². The Morgan fingerprint density at radius 1 is 1.38 bits per heavy atom. The average Bonchev–Trinajstić information content (AvgIpc) is 2.94. The van der Waals surface area contributed by atoms with Crippen LogP contribution < -0.4 is 0 Å². The van der Waals surface area contributed by atoms with Crippen LogP contribution in [0.1, 0.15) is 19.8 Å². The molecule has 0 aromatic heterocycles. The first-order valence-electron chi connectivity index (χ1n) is 8.88. The average molecular weight is 359 g/mol. The van der Waals surface area contributed by atoms with E-state index in [9.17, 15) is 24.9 Å². The predicted octanol–water partition coefficient (Wildman–Crippen LogP) is -0.776. The minimum absolute atomic E-state index is 0.0324.